The highest BCUT2D eigenvalue weighted by Crippen LogP contribution is 2.28. The first-order valence-electron chi connectivity index (χ1n) is 6.61. The van der Waals surface area contributed by atoms with Crippen molar-refractivity contribution in [2.75, 3.05) is 5.32 Å². The Hall–Kier alpha value is -1.17. The quantitative estimate of drug-likeness (QED) is 0.894. The summed E-state index contributed by atoms with van der Waals surface area (Å²) < 4.78 is 1.08. The molecule has 6 heteroatoms. The van der Waals surface area contributed by atoms with Gasteiger partial charge in [0.15, 0.2) is 0 Å². The zero-order valence-corrected chi connectivity index (χ0v) is 12.7. The molecular weight excluding hydrogens is 294 g/mol. The standard InChI is InChI=1S/C14H17N3OS.ClH/c15-14(6-2-1-3-7-14)13(18)17-10-4-5-11-12(8-10)19-9-16-11;/h4-5,8-9H,1-3,6-7,15H2,(H,17,18);1H. The van der Waals surface area contributed by atoms with Gasteiger partial charge >= 0.3 is 0 Å². The van der Waals surface area contributed by atoms with Crippen LogP contribution in [0.25, 0.3) is 10.2 Å². The zero-order valence-electron chi connectivity index (χ0n) is 11.1. The van der Waals surface area contributed by atoms with Crippen LogP contribution in [0.4, 0.5) is 5.69 Å². The summed E-state index contributed by atoms with van der Waals surface area (Å²) in [6.45, 7) is 0. The largest absolute Gasteiger partial charge is 0.324 e. The number of amides is 1. The van der Waals surface area contributed by atoms with E-state index in [1.165, 1.54) is 6.42 Å². The van der Waals surface area contributed by atoms with Gasteiger partial charge in [-0.3, -0.25) is 4.79 Å². The topological polar surface area (TPSA) is 68.0 Å². The van der Waals surface area contributed by atoms with Crippen LogP contribution in [0.5, 0.6) is 0 Å². The van der Waals surface area contributed by atoms with Crippen molar-refractivity contribution in [3.8, 4) is 0 Å². The number of hydrogen-bond acceptors (Lipinski definition) is 4. The highest BCUT2D eigenvalue weighted by atomic mass is 35.5. The van der Waals surface area contributed by atoms with E-state index in [0.29, 0.717) is 0 Å². The summed E-state index contributed by atoms with van der Waals surface area (Å²) in [6.07, 6.45) is 4.82. The van der Waals surface area contributed by atoms with E-state index in [4.69, 9.17) is 5.73 Å². The lowest BCUT2D eigenvalue weighted by Crippen LogP contribution is -2.52. The average Bonchev–Trinajstić information content (AvgIpc) is 2.87. The molecule has 3 rings (SSSR count). The Bertz CT molecular complexity index is 607. The third-order valence-electron chi connectivity index (χ3n) is 3.79. The first-order valence-corrected chi connectivity index (χ1v) is 7.49. The Morgan fingerprint density at radius 3 is 2.80 bits per heavy atom. The van der Waals surface area contributed by atoms with E-state index in [1.54, 1.807) is 11.3 Å². The maximum Gasteiger partial charge on any atom is 0.244 e. The van der Waals surface area contributed by atoms with Crippen molar-refractivity contribution in [3.05, 3.63) is 23.7 Å². The minimum absolute atomic E-state index is 0. The number of rotatable bonds is 2. The Morgan fingerprint density at radius 1 is 1.30 bits per heavy atom. The number of aromatic nitrogens is 1. The van der Waals surface area contributed by atoms with Crippen LogP contribution in [-0.2, 0) is 4.79 Å². The monoisotopic (exact) mass is 311 g/mol. The van der Waals surface area contributed by atoms with Crippen molar-refractivity contribution < 1.29 is 4.79 Å². The molecule has 1 aliphatic rings. The number of anilines is 1. The summed E-state index contributed by atoms with van der Waals surface area (Å²) in [6, 6.07) is 5.76. The predicted octanol–water partition coefficient (Wildman–Crippen LogP) is 3.32. The van der Waals surface area contributed by atoms with Crippen molar-refractivity contribution in [2.24, 2.45) is 5.73 Å². The van der Waals surface area contributed by atoms with Crippen molar-refractivity contribution >= 4 is 45.6 Å². The van der Waals surface area contributed by atoms with Crippen LogP contribution >= 0.6 is 23.7 Å². The number of halogens is 1. The molecule has 0 radical (unpaired) electrons. The Morgan fingerprint density at radius 2 is 2.05 bits per heavy atom. The highest BCUT2D eigenvalue weighted by molar-refractivity contribution is 7.16. The molecule has 0 bridgehead atoms. The molecule has 1 fully saturated rings. The third-order valence-corrected chi connectivity index (χ3v) is 4.58. The van der Waals surface area contributed by atoms with Gasteiger partial charge in [0, 0.05) is 5.69 Å². The van der Waals surface area contributed by atoms with Gasteiger partial charge in [-0.1, -0.05) is 19.3 Å². The van der Waals surface area contributed by atoms with Crippen molar-refractivity contribution in [1.29, 1.82) is 0 Å². The maximum atomic E-state index is 12.3. The van der Waals surface area contributed by atoms with Gasteiger partial charge in [-0.15, -0.1) is 23.7 Å². The molecule has 3 N–H and O–H groups in total. The molecule has 0 unspecified atom stereocenters. The number of nitrogens with two attached hydrogens (primary N) is 1. The lowest BCUT2D eigenvalue weighted by molar-refractivity contribution is -0.122. The summed E-state index contributed by atoms with van der Waals surface area (Å²) in [5, 5.41) is 2.95. The van der Waals surface area contributed by atoms with Gasteiger partial charge in [-0.05, 0) is 31.0 Å². The van der Waals surface area contributed by atoms with Gasteiger partial charge < -0.3 is 11.1 Å². The Balaban J connectivity index is 0.00000147. The Kier molecular flexibility index (Phi) is 4.62. The molecule has 4 nitrogen and oxygen atoms in total. The van der Waals surface area contributed by atoms with Crippen LogP contribution in [0, 0.1) is 0 Å². The van der Waals surface area contributed by atoms with E-state index in [0.717, 1.165) is 41.6 Å². The molecule has 2 aromatic rings. The van der Waals surface area contributed by atoms with E-state index in [9.17, 15) is 4.79 Å². The van der Waals surface area contributed by atoms with E-state index in [-0.39, 0.29) is 18.3 Å². The number of carbonyl (C=O) groups excluding carboxylic acids is 1. The second-order valence-electron chi connectivity index (χ2n) is 5.21. The first kappa shape index (κ1) is 15.2. The molecule has 1 aromatic heterocycles. The molecule has 0 atom stereocenters. The van der Waals surface area contributed by atoms with Gasteiger partial charge in [0.05, 0.1) is 21.3 Å². The molecule has 1 aromatic carbocycles. The second-order valence-corrected chi connectivity index (χ2v) is 6.09. The molecule has 0 spiro atoms. The summed E-state index contributed by atoms with van der Waals surface area (Å²) in [5.74, 6) is -0.0592. The van der Waals surface area contributed by atoms with Crippen LogP contribution in [0.3, 0.4) is 0 Å². The van der Waals surface area contributed by atoms with Gasteiger partial charge in [0.25, 0.3) is 0 Å². The van der Waals surface area contributed by atoms with Crippen molar-refractivity contribution in [2.45, 2.75) is 37.6 Å². The highest BCUT2D eigenvalue weighted by Gasteiger charge is 2.35. The van der Waals surface area contributed by atoms with Crippen molar-refractivity contribution in [1.82, 2.24) is 4.98 Å². The van der Waals surface area contributed by atoms with Gasteiger partial charge in [0.2, 0.25) is 5.91 Å². The molecular formula is C14H18ClN3OS. The molecule has 0 saturated heterocycles. The van der Waals surface area contributed by atoms with E-state index in [2.05, 4.69) is 10.3 Å². The average molecular weight is 312 g/mol. The number of carbonyl (C=O) groups is 1. The first-order chi connectivity index (χ1) is 9.17. The van der Waals surface area contributed by atoms with Gasteiger partial charge in [-0.25, -0.2) is 4.98 Å². The fraction of sp³-hybridized carbons (Fsp3) is 0.429. The van der Waals surface area contributed by atoms with Crippen LogP contribution in [0.2, 0.25) is 0 Å². The normalized spacial score (nSPS) is 17.4. The van der Waals surface area contributed by atoms with Crippen LogP contribution in [0.15, 0.2) is 23.7 Å². The zero-order chi connectivity index (χ0) is 13.3. The van der Waals surface area contributed by atoms with Crippen LogP contribution in [-0.4, -0.2) is 16.4 Å². The second kappa shape index (κ2) is 6.08. The minimum Gasteiger partial charge on any atom is -0.324 e. The molecule has 108 valence electrons. The smallest absolute Gasteiger partial charge is 0.244 e. The molecule has 1 amide bonds. The van der Waals surface area contributed by atoms with Gasteiger partial charge in [-0.2, -0.15) is 0 Å². The summed E-state index contributed by atoms with van der Waals surface area (Å²) in [7, 11) is 0. The summed E-state index contributed by atoms with van der Waals surface area (Å²) in [5.41, 5.74) is 9.10. The molecule has 0 aliphatic heterocycles. The third kappa shape index (κ3) is 2.95. The lowest BCUT2D eigenvalue weighted by Gasteiger charge is -2.31. The fourth-order valence-corrected chi connectivity index (χ4v) is 3.31. The van der Waals surface area contributed by atoms with Gasteiger partial charge in [0.1, 0.15) is 0 Å². The number of nitrogens with zero attached hydrogens (tertiary/aromatic N) is 1. The SMILES string of the molecule is Cl.NC1(C(=O)Nc2ccc3ncsc3c2)CCCCC1. The van der Waals surface area contributed by atoms with Crippen LogP contribution < -0.4 is 11.1 Å². The molecule has 1 aliphatic carbocycles. The van der Waals surface area contributed by atoms with Crippen LogP contribution in [0.1, 0.15) is 32.1 Å². The Labute approximate surface area is 128 Å². The summed E-state index contributed by atoms with van der Waals surface area (Å²) in [4.78, 5) is 16.5. The molecule has 1 heterocycles. The minimum atomic E-state index is -0.694. The van der Waals surface area contributed by atoms with E-state index >= 15 is 0 Å². The van der Waals surface area contributed by atoms with Crippen molar-refractivity contribution in [3.63, 3.8) is 0 Å². The number of fused-ring (bicyclic) bond motifs is 1. The number of thiazole rings is 1. The number of nitrogens with one attached hydrogen (secondary N) is 1. The van der Waals surface area contributed by atoms with E-state index < -0.39 is 5.54 Å². The maximum absolute atomic E-state index is 12.3. The fourth-order valence-electron chi connectivity index (χ4n) is 2.60. The van der Waals surface area contributed by atoms with E-state index in [1.807, 2.05) is 23.7 Å². The predicted molar refractivity (Wildman–Crippen MR) is 85.5 cm³/mol. The lowest BCUT2D eigenvalue weighted by atomic mass is 9.82. The number of hydrogen-bond donors (Lipinski definition) is 2. The number of benzene rings is 1. The summed E-state index contributed by atoms with van der Waals surface area (Å²) >= 11 is 1.57. The molecule has 1 saturated carbocycles. The molecule has 20 heavy (non-hydrogen) atoms.